The van der Waals surface area contributed by atoms with Crippen molar-refractivity contribution in [2.45, 2.75) is 11.8 Å². The highest BCUT2D eigenvalue weighted by Crippen LogP contribution is 2.30. The minimum atomic E-state index is -4.62. The standard InChI is InChI=1S/C18H13ClF2N4O3S/c1-10(26)24-13-5-11(7-22-9-13)12-6-16(18(19)23-8-12)25-29(27,28)17-14(20)3-2-4-15(17)21/h2-9,25H,1H3,(H,24,26). The Morgan fingerprint density at radius 2 is 1.72 bits per heavy atom. The van der Waals surface area contributed by atoms with Gasteiger partial charge in [0.1, 0.15) is 11.6 Å². The molecule has 29 heavy (non-hydrogen) atoms. The molecule has 2 aromatic heterocycles. The van der Waals surface area contributed by atoms with Crippen LogP contribution in [-0.2, 0) is 14.8 Å². The number of amides is 1. The molecule has 2 heterocycles. The third-order valence-corrected chi connectivity index (χ3v) is 5.38. The van der Waals surface area contributed by atoms with Crippen LogP contribution in [0.15, 0.2) is 53.8 Å². The van der Waals surface area contributed by atoms with E-state index in [1.165, 1.54) is 31.6 Å². The van der Waals surface area contributed by atoms with Crippen LogP contribution in [0, 0.1) is 11.6 Å². The Bertz CT molecular complexity index is 1190. The van der Waals surface area contributed by atoms with Crippen molar-refractivity contribution in [1.29, 1.82) is 0 Å². The first kappa shape index (κ1) is 20.6. The van der Waals surface area contributed by atoms with Gasteiger partial charge in [-0.2, -0.15) is 0 Å². The van der Waals surface area contributed by atoms with Gasteiger partial charge in [-0.15, -0.1) is 0 Å². The molecule has 3 aromatic rings. The van der Waals surface area contributed by atoms with Crippen molar-refractivity contribution in [3.63, 3.8) is 0 Å². The number of pyridine rings is 2. The maximum absolute atomic E-state index is 13.9. The van der Waals surface area contributed by atoms with Crippen LogP contribution >= 0.6 is 11.6 Å². The number of rotatable bonds is 5. The van der Waals surface area contributed by atoms with Crippen molar-refractivity contribution < 1.29 is 22.0 Å². The number of aromatic nitrogens is 2. The van der Waals surface area contributed by atoms with Crippen LogP contribution in [0.1, 0.15) is 6.92 Å². The molecule has 150 valence electrons. The molecule has 0 saturated heterocycles. The Morgan fingerprint density at radius 1 is 1.07 bits per heavy atom. The Balaban J connectivity index is 1.99. The molecule has 11 heteroatoms. The Labute approximate surface area is 169 Å². The van der Waals surface area contributed by atoms with Crippen molar-refractivity contribution in [3.05, 3.63) is 65.7 Å². The number of hydrogen-bond donors (Lipinski definition) is 2. The lowest BCUT2D eigenvalue weighted by molar-refractivity contribution is -0.114. The van der Waals surface area contributed by atoms with Crippen molar-refractivity contribution >= 4 is 38.9 Å². The normalized spacial score (nSPS) is 11.2. The number of nitrogens with one attached hydrogen (secondary N) is 2. The van der Waals surface area contributed by atoms with Gasteiger partial charge in [-0.05, 0) is 24.3 Å². The maximum atomic E-state index is 13.9. The fourth-order valence-corrected chi connectivity index (χ4v) is 3.89. The third-order valence-electron chi connectivity index (χ3n) is 3.66. The summed E-state index contributed by atoms with van der Waals surface area (Å²) in [5.74, 6) is -2.78. The molecule has 7 nitrogen and oxygen atoms in total. The summed E-state index contributed by atoms with van der Waals surface area (Å²) in [6.07, 6.45) is 4.25. The summed E-state index contributed by atoms with van der Waals surface area (Å²) in [5, 5.41) is 2.35. The summed E-state index contributed by atoms with van der Waals surface area (Å²) in [5.41, 5.74) is 1.14. The van der Waals surface area contributed by atoms with Crippen LogP contribution in [0.2, 0.25) is 5.15 Å². The minimum Gasteiger partial charge on any atom is -0.325 e. The number of anilines is 2. The smallest absolute Gasteiger partial charge is 0.267 e. The lowest BCUT2D eigenvalue weighted by Gasteiger charge is -2.12. The molecule has 0 aliphatic heterocycles. The third kappa shape index (κ3) is 4.66. The van der Waals surface area contributed by atoms with E-state index in [4.69, 9.17) is 11.6 Å². The van der Waals surface area contributed by atoms with E-state index in [1.54, 1.807) is 6.07 Å². The van der Waals surface area contributed by atoms with Gasteiger partial charge in [0.2, 0.25) is 5.91 Å². The average molecular weight is 439 g/mol. The summed E-state index contributed by atoms with van der Waals surface area (Å²) in [4.78, 5) is 18.0. The largest absolute Gasteiger partial charge is 0.325 e. The fraction of sp³-hybridized carbons (Fsp3) is 0.0556. The molecule has 0 unspecified atom stereocenters. The quantitative estimate of drug-likeness (QED) is 0.589. The van der Waals surface area contributed by atoms with Gasteiger partial charge in [-0.1, -0.05) is 17.7 Å². The van der Waals surface area contributed by atoms with Crippen molar-refractivity contribution in [1.82, 2.24) is 9.97 Å². The number of hydrogen-bond acceptors (Lipinski definition) is 5. The van der Waals surface area contributed by atoms with Crippen molar-refractivity contribution in [2.75, 3.05) is 10.0 Å². The average Bonchev–Trinajstić information content (AvgIpc) is 2.62. The predicted molar refractivity (Wildman–Crippen MR) is 104 cm³/mol. The van der Waals surface area contributed by atoms with E-state index in [2.05, 4.69) is 15.3 Å². The highest BCUT2D eigenvalue weighted by molar-refractivity contribution is 7.92. The van der Waals surface area contributed by atoms with E-state index in [0.717, 1.165) is 18.2 Å². The van der Waals surface area contributed by atoms with Gasteiger partial charge < -0.3 is 5.32 Å². The zero-order valence-corrected chi connectivity index (χ0v) is 16.4. The number of nitrogens with zero attached hydrogens (tertiary/aromatic N) is 2. The molecule has 0 atom stereocenters. The topological polar surface area (TPSA) is 101 Å². The molecule has 0 fully saturated rings. The Kier molecular flexibility index (Phi) is 5.76. The highest BCUT2D eigenvalue weighted by atomic mass is 35.5. The molecule has 3 rings (SSSR count). The number of benzene rings is 1. The summed E-state index contributed by atoms with van der Waals surface area (Å²) in [6, 6.07) is 5.63. The van der Waals surface area contributed by atoms with Crippen LogP contribution in [-0.4, -0.2) is 24.3 Å². The predicted octanol–water partition coefficient (Wildman–Crippen LogP) is 3.83. The van der Waals surface area contributed by atoms with Gasteiger partial charge in [-0.3, -0.25) is 14.5 Å². The number of carbonyl (C=O) groups is 1. The van der Waals surface area contributed by atoms with Gasteiger partial charge in [0.05, 0.1) is 17.6 Å². The van der Waals surface area contributed by atoms with E-state index < -0.39 is 26.6 Å². The SMILES string of the molecule is CC(=O)Nc1cncc(-c2cnc(Cl)c(NS(=O)(=O)c3c(F)cccc3F)c2)c1. The van der Waals surface area contributed by atoms with E-state index in [-0.39, 0.29) is 16.7 Å². The lowest BCUT2D eigenvalue weighted by Crippen LogP contribution is -2.17. The molecule has 1 aromatic carbocycles. The molecule has 0 aliphatic rings. The fourth-order valence-electron chi connectivity index (χ4n) is 2.48. The van der Waals surface area contributed by atoms with Crippen LogP contribution in [0.25, 0.3) is 11.1 Å². The van der Waals surface area contributed by atoms with Crippen LogP contribution < -0.4 is 10.0 Å². The van der Waals surface area contributed by atoms with E-state index in [0.29, 0.717) is 16.8 Å². The first-order valence-corrected chi connectivity index (χ1v) is 9.89. The van der Waals surface area contributed by atoms with Gasteiger partial charge in [0.15, 0.2) is 10.0 Å². The van der Waals surface area contributed by atoms with Crippen molar-refractivity contribution in [2.24, 2.45) is 0 Å². The van der Waals surface area contributed by atoms with Gasteiger partial charge in [0, 0.05) is 30.4 Å². The second-order valence-corrected chi connectivity index (χ2v) is 7.84. The molecular weight excluding hydrogens is 426 g/mol. The first-order valence-electron chi connectivity index (χ1n) is 8.03. The second-order valence-electron chi connectivity index (χ2n) is 5.86. The molecule has 0 saturated carbocycles. The molecular formula is C18H13ClF2N4O3S. The first-order chi connectivity index (χ1) is 13.7. The summed E-state index contributed by atoms with van der Waals surface area (Å²) in [6.45, 7) is 1.34. The molecule has 1 amide bonds. The number of halogens is 3. The zero-order chi connectivity index (χ0) is 21.2. The summed E-state index contributed by atoms with van der Waals surface area (Å²) in [7, 11) is -4.62. The van der Waals surface area contributed by atoms with E-state index in [9.17, 15) is 22.0 Å². The molecule has 2 N–H and O–H groups in total. The molecule has 0 aliphatic carbocycles. The van der Waals surface area contributed by atoms with Crippen LogP contribution in [0.5, 0.6) is 0 Å². The highest BCUT2D eigenvalue weighted by Gasteiger charge is 2.25. The monoisotopic (exact) mass is 438 g/mol. The summed E-state index contributed by atoms with van der Waals surface area (Å²) < 4.78 is 54.8. The number of sulfonamides is 1. The van der Waals surface area contributed by atoms with E-state index >= 15 is 0 Å². The minimum absolute atomic E-state index is 0.184. The molecule has 0 bridgehead atoms. The van der Waals surface area contributed by atoms with Gasteiger partial charge >= 0.3 is 0 Å². The summed E-state index contributed by atoms with van der Waals surface area (Å²) >= 11 is 5.96. The zero-order valence-electron chi connectivity index (χ0n) is 14.8. The molecule has 0 spiro atoms. The Hall–Kier alpha value is -3.11. The lowest BCUT2D eigenvalue weighted by atomic mass is 10.1. The second kappa shape index (κ2) is 8.10. The van der Waals surface area contributed by atoms with Gasteiger partial charge in [0.25, 0.3) is 10.0 Å². The molecule has 0 radical (unpaired) electrons. The van der Waals surface area contributed by atoms with Crippen LogP contribution in [0.3, 0.4) is 0 Å². The van der Waals surface area contributed by atoms with Crippen molar-refractivity contribution in [3.8, 4) is 11.1 Å². The van der Waals surface area contributed by atoms with Crippen LogP contribution in [0.4, 0.5) is 20.2 Å². The van der Waals surface area contributed by atoms with Gasteiger partial charge in [-0.25, -0.2) is 22.2 Å². The Morgan fingerprint density at radius 3 is 2.38 bits per heavy atom. The van der Waals surface area contributed by atoms with E-state index in [1.807, 2.05) is 4.72 Å². The number of carbonyl (C=O) groups excluding carboxylic acids is 1. The maximum Gasteiger partial charge on any atom is 0.267 e.